The van der Waals surface area contributed by atoms with Gasteiger partial charge in [-0.2, -0.15) is 0 Å². The van der Waals surface area contributed by atoms with Crippen molar-refractivity contribution >= 4 is 16.7 Å². The zero-order chi connectivity index (χ0) is 19.4. The molecule has 3 atom stereocenters. The van der Waals surface area contributed by atoms with E-state index in [4.69, 9.17) is 10.8 Å². The van der Waals surface area contributed by atoms with Gasteiger partial charge < -0.3 is 15.9 Å². The molecule has 0 aromatic heterocycles. The first kappa shape index (κ1) is 19.1. The average Bonchev–Trinajstić information content (AvgIpc) is 2.95. The molecule has 1 aliphatic rings. The Hall–Kier alpha value is -2.69. The molecule has 0 radical (unpaired) electrons. The molecule has 1 aliphatic carbocycles. The molecule has 0 bridgehead atoms. The Kier molecular flexibility index (Phi) is 5.89. The molecule has 4 rings (SSSR count). The fraction of sp³-hybridized carbons (Fsp3) is 0.261. The molecule has 0 spiro atoms. The van der Waals surface area contributed by atoms with Crippen molar-refractivity contribution in [2.24, 2.45) is 5.73 Å². The summed E-state index contributed by atoms with van der Waals surface area (Å²) in [6.45, 7) is 1.88. The van der Waals surface area contributed by atoms with E-state index in [1.165, 1.54) is 16.3 Å². The van der Waals surface area contributed by atoms with Gasteiger partial charge in [0.05, 0.1) is 18.1 Å². The van der Waals surface area contributed by atoms with Crippen LogP contribution in [0.1, 0.15) is 42.0 Å². The SMILES string of the molecule is CC[C@@H](C(=O)O)c1ccccc1.N[C@@H]1c2cc3ccccc3cc2C[C@@H]1O. The average molecular weight is 363 g/mol. The van der Waals surface area contributed by atoms with Crippen LogP contribution in [-0.2, 0) is 11.2 Å². The second kappa shape index (κ2) is 8.33. The number of aliphatic hydroxyl groups is 1. The van der Waals surface area contributed by atoms with Crippen molar-refractivity contribution in [3.8, 4) is 0 Å². The molecular weight excluding hydrogens is 338 g/mol. The van der Waals surface area contributed by atoms with Crippen LogP contribution in [0.5, 0.6) is 0 Å². The van der Waals surface area contributed by atoms with Crippen molar-refractivity contribution in [3.63, 3.8) is 0 Å². The molecule has 4 N–H and O–H groups in total. The first-order valence-corrected chi connectivity index (χ1v) is 9.24. The Morgan fingerprint density at radius 2 is 1.67 bits per heavy atom. The highest BCUT2D eigenvalue weighted by Gasteiger charge is 2.27. The first-order valence-electron chi connectivity index (χ1n) is 9.24. The molecule has 4 heteroatoms. The number of benzene rings is 3. The predicted molar refractivity (Wildman–Crippen MR) is 108 cm³/mol. The number of fused-ring (bicyclic) bond motifs is 2. The van der Waals surface area contributed by atoms with Crippen LogP contribution in [0.15, 0.2) is 66.7 Å². The lowest BCUT2D eigenvalue weighted by Crippen LogP contribution is -2.21. The van der Waals surface area contributed by atoms with E-state index in [9.17, 15) is 9.90 Å². The summed E-state index contributed by atoms with van der Waals surface area (Å²) in [6.07, 6.45) is 0.901. The van der Waals surface area contributed by atoms with Gasteiger partial charge in [-0.1, -0.05) is 67.6 Å². The van der Waals surface area contributed by atoms with E-state index in [0.717, 1.165) is 11.1 Å². The molecule has 3 aromatic carbocycles. The van der Waals surface area contributed by atoms with Gasteiger partial charge in [0.2, 0.25) is 0 Å². The summed E-state index contributed by atoms with van der Waals surface area (Å²) >= 11 is 0. The van der Waals surface area contributed by atoms with Gasteiger partial charge in [-0.3, -0.25) is 4.79 Å². The highest BCUT2D eigenvalue weighted by molar-refractivity contribution is 5.84. The monoisotopic (exact) mass is 363 g/mol. The molecule has 0 saturated carbocycles. The summed E-state index contributed by atoms with van der Waals surface area (Å²) in [6, 6.07) is 21.5. The third-order valence-electron chi connectivity index (χ3n) is 5.12. The van der Waals surface area contributed by atoms with E-state index in [1.54, 1.807) is 0 Å². The summed E-state index contributed by atoms with van der Waals surface area (Å²) in [5.74, 6) is -1.10. The normalized spacial score (nSPS) is 19.1. The molecule has 0 saturated heterocycles. The number of hydrogen-bond acceptors (Lipinski definition) is 3. The summed E-state index contributed by atoms with van der Waals surface area (Å²) in [4.78, 5) is 10.7. The van der Waals surface area contributed by atoms with Crippen LogP contribution in [0.4, 0.5) is 0 Å². The fourth-order valence-electron chi connectivity index (χ4n) is 3.59. The fourth-order valence-corrected chi connectivity index (χ4v) is 3.59. The highest BCUT2D eigenvalue weighted by Crippen LogP contribution is 2.32. The number of rotatable bonds is 3. The number of carboxylic acid groups (broad SMARTS) is 1. The van der Waals surface area contributed by atoms with Gasteiger partial charge in [-0.05, 0) is 39.9 Å². The zero-order valence-electron chi connectivity index (χ0n) is 15.4. The lowest BCUT2D eigenvalue weighted by molar-refractivity contribution is -0.138. The number of aliphatic carboxylic acids is 1. The number of nitrogens with two attached hydrogens (primary N) is 1. The van der Waals surface area contributed by atoms with Crippen molar-refractivity contribution < 1.29 is 15.0 Å². The third kappa shape index (κ3) is 4.18. The maximum atomic E-state index is 10.7. The summed E-state index contributed by atoms with van der Waals surface area (Å²) in [5, 5.41) is 20.9. The van der Waals surface area contributed by atoms with Crippen molar-refractivity contribution in [3.05, 3.63) is 83.4 Å². The van der Waals surface area contributed by atoms with Gasteiger partial charge in [-0.15, -0.1) is 0 Å². The van der Waals surface area contributed by atoms with Gasteiger partial charge in [0, 0.05) is 6.42 Å². The number of carboxylic acids is 1. The smallest absolute Gasteiger partial charge is 0.310 e. The Labute approximate surface area is 159 Å². The largest absolute Gasteiger partial charge is 0.481 e. The Morgan fingerprint density at radius 1 is 1.07 bits per heavy atom. The summed E-state index contributed by atoms with van der Waals surface area (Å²) in [7, 11) is 0. The van der Waals surface area contributed by atoms with Gasteiger partial charge >= 0.3 is 5.97 Å². The Morgan fingerprint density at radius 3 is 2.26 bits per heavy atom. The van der Waals surface area contributed by atoms with Gasteiger partial charge in [-0.25, -0.2) is 0 Å². The van der Waals surface area contributed by atoms with E-state index in [1.807, 2.05) is 49.4 Å². The molecule has 0 fully saturated rings. The van der Waals surface area contributed by atoms with Gasteiger partial charge in [0.25, 0.3) is 0 Å². The van der Waals surface area contributed by atoms with Gasteiger partial charge in [0.1, 0.15) is 0 Å². The second-order valence-corrected chi connectivity index (χ2v) is 6.91. The zero-order valence-corrected chi connectivity index (χ0v) is 15.4. The van der Waals surface area contributed by atoms with Crippen LogP contribution in [0.25, 0.3) is 10.8 Å². The third-order valence-corrected chi connectivity index (χ3v) is 5.12. The lowest BCUT2D eigenvalue weighted by atomic mass is 9.97. The summed E-state index contributed by atoms with van der Waals surface area (Å²) < 4.78 is 0. The number of aliphatic hydroxyl groups excluding tert-OH is 1. The van der Waals surface area contributed by atoms with Crippen LogP contribution in [0, 0.1) is 0 Å². The van der Waals surface area contributed by atoms with Crippen LogP contribution in [0.2, 0.25) is 0 Å². The van der Waals surface area contributed by atoms with E-state index in [2.05, 4.69) is 24.3 Å². The molecule has 27 heavy (non-hydrogen) atoms. The Bertz CT molecular complexity index is 923. The minimum Gasteiger partial charge on any atom is -0.481 e. The molecule has 0 unspecified atom stereocenters. The first-order chi connectivity index (χ1) is 13.0. The lowest BCUT2D eigenvalue weighted by Gasteiger charge is -2.09. The highest BCUT2D eigenvalue weighted by atomic mass is 16.4. The molecular formula is C23H25NO3. The molecule has 3 aromatic rings. The minimum absolute atomic E-state index is 0.218. The molecule has 0 heterocycles. The number of hydrogen-bond donors (Lipinski definition) is 3. The van der Waals surface area contributed by atoms with Crippen LogP contribution in [0.3, 0.4) is 0 Å². The minimum atomic E-state index is -0.747. The van der Waals surface area contributed by atoms with Crippen LogP contribution in [-0.4, -0.2) is 22.3 Å². The van der Waals surface area contributed by atoms with Crippen molar-refractivity contribution in [2.45, 2.75) is 37.8 Å². The van der Waals surface area contributed by atoms with Crippen molar-refractivity contribution in [2.75, 3.05) is 0 Å². The van der Waals surface area contributed by atoms with Crippen molar-refractivity contribution in [1.82, 2.24) is 0 Å². The Balaban J connectivity index is 0.000000161. The second-order valence-electron chi connectivity index (χ2n) is 6.91. The van der Waals surface area contributed by atoms with E-state index >= 15 is 0 Å². The topological polar surface area (TPSA) is 83.5 Å². The van der Waals surface area contributed by atoms with E-state index in [0.29, 0.717) is 12.8 Å². The summed E-state index contributed by atoms with van der Waals surface area (Å²) in [5.41, 5.74) is 9.10. The van der Waals surface area contributed by atoms with E-state index < -0.39 is 12.1 Å². The molecule has 0 amide bonds. The maximum Gasteiger partial charge on any atom is 0.310 e. The van der Waals surface area contributed by atoms with Gasteiger partial charge in [0.15, 0.2) is 0 Å². The predicted octanol–water partition coefficient (Wildman–Crippen LogP) is 4.02. The van der Waals surface area contributed by atoms with E-state index in [-0.39, 0.29) is 12.0 Å². The number of carbonyl (C=O) groups is 1. The van der Waals surface area contributed by atoms with Crippen LogP contribution >= 0.6 is 0 Å². The molecule has 0 aliphatic heterocycles. The van der Waals surface area contributed by atoms with Crippen LogP contribution < -0.4 is 5.73 Å². The standard InChI is InChI=1S/C13H13NO.C10H12O2/c14-13-11-6-9-4-2-1-3-8(9)5-10(11)7-12(13)15;1-2-9(10(11)12)8-6-4-3-5-7-8/h1-6,12-13,15H,7,14H2;3-7,9H,2H2,1H3,(H,11,12)/t12-,13+;9-/m01/s1. The quantitative estimate of drug-likeness (QED) is 0.656. The van der Waals surface area contributed by atoms with Crippen molar-refractivity contribution in [1.29, 1.82) is 0 Å². The molecule has 4 nitrogen and oxygen atoms in total. The maximum absolute atomic E-state index is 10.7. The molecule has 140 valence electrons.